The Balaban J connectivity index is 1.62. The normalized spacial score (nSPS) is 15.3. The van der Waals surface area contributed by atoms with E-state index in [1.165, 1.54) is 12.1 Å². The van der Waals surface area contributed by atoms with Gasteiger partial charge in [0.25, 0.3) is 0 Å². The summed E-state index contributed by atoms with van der Waals surface area (Å²) in [6.07, 6.45) is 0.783. The van der Waals surface area contributed by atoms with Crippen molar-refractivity contribution in [3.63, 3.8) is 0 Å². The van der Waals surface area contributed by atoms with Gasteiger partial charge in [0.2, 0.25) is 0 Å². The molecule has 0 saturated carbocycles. The fourth-order valence-electron chi connectivity index (χ4n) is 5.58. The third-order valence-electron chi connectivity index (χ3n) is 7.70. The smallest absolute Gasteiger partial charge is 0.335 e. The second kappa shape index (κ2) is 12.0. The van der Waals surface area contributed by atoms with Gasteiger partial charge < -0.3 is 19.1 Å². The first-order chi connectivity index (χ1) is 20.5. The average Bonchev–Trinajstić information content (AvgIpc) is 3.14. The number of halogens is 1. The molecule has 1 aliphatic heterocycles. The van der Waals surface area contributed by atoms with Crippen molar-refractivity contribution < 1.29 is 23.8 Å². The molecule has 0 radical (unpaired) electrons. The largest absolute Gasteiger partial charge is 0.488 e. The van der Waals surface area contributed by atoms with Crippen LogP contribution in [0.5, 0.6) is 5.75 Å². The molecule has 0 amide bonds. The van der Waals surface area contributed by atoms with Crippen LogP contribution in [-0.4, -0.2) is 35.5 Å². The van der Waals surface area contributed by atoms with Crippen molar-refractivity contribution in [3.8, 4) is 22.6 Å². The Bertz CT molecular complexity index is 1720. The maximum absolute atomic E-state index is 14.1. The Kier molecular flexibility index (Phi) is 7.86. The van der Waals surface area contributed by atoms with Gasteiger partial charge in [-0.3, -0.25) is 5.32 Å². The van der Waals surface area contributed by atoms with Crippen LogP contribution in [0.15, 0.2) is 104 Å². The van der Waals surface area contributed by atoms with Crippen molar-refractivity contribution in [2.75, 3.05) is 19.9 Å². The number of carboxylic acid groups (broad SMARTS) is 1. The highest BCUT2D eigenvalue weighted by molar-refractivity contribution is 6.07. The van der Waals surface area contributed by atoms with E-state index < -0.39 is 5.97 Å². The summed E-state index contributed by atoms with van der Waals surface area (Å²) < 4.78 is 28.3. The van der Waals surface area contributed by atoms with Crippen molar-refractivity contribution >= 4 is 22.4 Å². The number of nitrogens with one attached hydrogen (secondary N) is 1. The number of nitrogens with zero attached hydrogens (tertiary/aromatic N) is 1. The van der Waals surface area contributed by atoms with E-state index in [-0.39, 0.29) is 17.3 Å². The number of carboxylic acids is 1. The molecule has 7 heteroatoms. The van der Waals surface area contributed by atoms with Crippen LogP contribution in [0.25, 0.3) is 33.3 Å². The first kappa shape index (κ1) is 27.4. The molecule has 1 atom stereocenters. The number of ether oxygens (including phenoxy) is 2. The van der Waals surface area contributed by atoms with Crippen LogP contribution in [0.1, 0.15) is 28.0 Å². The van der Waals surface area contributed by atoms with Gasteiger partial charge in [-0.2, -0.15) is 0 Å². The minimum atomic E-state index is -0.990. The number of aromatic nitrogens is 1. The van der Waals surface area contributed by atoms with E-state index >= 15 is 0 Å². The zero-order chi connectivity index (χ0) is 29.1. The molecule has 1 unspecified atom stereocenters. The van der Waals surface area contributed by atoms with Crippen molar-refractivity contribution in [2.45, 2.75) is 13.0 Å². The third-order valence-corrected chi connectivity index (χ3v) is 7.70. The van der Waals surface area contributed by atoms with Crippen LogP contribution in [0.4, 0.5) is 4.39 Å². The summed E-state index contributed by atoms with van der Waals surface area (Å²) in [5.41, 5.74) is 6.37. The van der Waals surface area contributed by atoms with Crippen molar-refractivity contribution in [3.05, 3.63) is 126 Å². The molecular formula is C35H31FN2O4. The molecule has 1 aromatic heterocycles. The summed E-state index contributed by atoms with van der Waals surface area (Å²) in [5, 5.41) is 13.8. The molecule has 1 aliphatic rings. The first-order valence-corrected chi connectivity index (χ1v) is 13.9. The highest BCUT2D eigenvalue weighted by Gasteiger charge is 2.28. The lowest BCUT2D eigenvalue weighted by Gasteiger charge is -2.21. The Morgan fingerprint density at radius 2 is 1.76 bits per heavy atom. The van der Waals surface area contributed by atoms with Crippen molar-refractivity contribution in [1.82, 2.24) is 9.88 Å². The Morgan fingerprint density at radius 1 is 1.00 bits per heavy atom. The maximum Gasteiger partial charge on any atom is 0.335 e. The number of carbonyl (C=O) groups is 1. The Labute approximate surface area is 243 Å². The fourth-order valence-corrected chi connectivity index (χ4v) is 5.58. The van der Waals surface area contributed by atoms with E-state index in [4.69, 9.17) is 9.47 Å². The summed E-state index contributed by atoms with van der Waals surface area (Å²) in [6, 6.07) is 29.2. The average molecular weight is 563 g/mol. The number of hydrogen-bond acceptors (Lipinski definition) is 4. The molecule has 4 aromatic carbocycles. The maximum atomic E-state index is 14.1. The molecule has 42 heavy (non-hydrogen) atoms. The summed E-state index contributed by atoms with van der Waals surface area (Å²) >= 11 is 0. The summed E-state index contributed by atoms with van der Waals surface area (Å²) in [5.74, 6) is -0.555. The number of rotatable bonds is 8. The van der Waals surface area contributed by atoms with Crippen LogP contribution in [-0.2, 0) is 11.3 Å². The van der Waals surface area contributed by atoms with Gasteiger partial charge in [0.05, 0.1) is 28.9 Å². The van der Waals surface area contributed by atoms with Gasteiger partial charge in [-0.25, -0.2) is 9.18 Å². The summed E-state index contributed by atoms with van der Waals surface area (Å²) in [4.78, 5) is 11.7. The minimum Gasteiger partial charge on any atom is -0.488 e. The van der Waals surface area contributed by atoms with Gasteiger partial charge in [-0.15, -0.1) is 0 Å². The highest BCUT2D eigenvalue weighted by atomic mass is 19.1. The van der Waals surface area contributed by atoms with Gasteiger partial charge in [0.1, 0.15) is 18.2 Å². The highest BCUT2D eigenvalue weighted by Crippen LogP contribution is 2.46. The van der Waals surface area contributed by atoms with Crippen LogP contribution in [0.3, 0.4) is 0 Å². The molecule has 212 valence electrons. The molecule has 0 spiro atoms. The van der Waals surface area contributed by atoms with Crippen LogP contribution < -0.4 is 10.1 Å². The van der Waals surface area contributed by atoms with Gasteiger partial charge in [0.15, 0.2) is 0 Å². The minimum absolute atomic E-state index is 0.0711. The third kappa shape index (κ3) is 5.44. The van der Waals surface area contributed by atoms with Crippen molar-refractivity contribution in [2.24, 2.45) is 5.92 Å². The quantitative estimate of drug-likeness (QED) is 0.208. The summed E-state index contributed by atoms with van der Waals surface area (Å²) in [6.45, 7) is 6.76. The molecule has 5 aromatic rings. The van der Waals surface area contributed by atoms with Crippen LogP contribution >= 0.6 is 0 Å². The molecule has 2 heterocycles. The van der Waals surface area contributed by atoms with Gasteiger partial charge in [-0.05, 0) is 71.7 Å². The molecule has 6 rings (SSSR count). The van der Waals surface area contributed by atoms with E-state index in [1.54, 1.807) is 24.3 Å². The second-order valence-corrected chi connectivity index (χ2v) is 10.4. The molecule has 1 saturated heterocycles. The number of fused-ring (bicyclic) bond motifs is 1. The van der Waals surface area contributed by atoms with E-state index in [2.05, 4.69) is 16.5 Å². The van der Waals surface area contributed by atoms with Gasteiger partial charge in [0, 0.05) is 30.3 Å². The predicted octanol–water partition coefficient (Wildman–Crippen LogP) is 7.31. The zero-order valence-corrected chi connectivity index (χ0v) is 23.1. The fraction of sp³-hybridized carbons (Fsp3) is 0.171. The zero-order valence-electron chi connectivity index (χ0n) is 23.1. The van der Waals surface area contributed by atoms with Crippen LogP contribution in [0, 0.1) is 11.7 Å². The van der Waals surface area contributed by atoms with E-state index in [0.717, 1.165) is 51.0 Å². The standard InChI is InChI=1S/C35H31FN2O4/c1-23(27-18-19-41-22-37-20-27)34-32(25-10-12-26(13-11-25)35(39)40)33-30(38(34)29-16-14-28(36)15-17-29)8-5-9-31(33)42-21-24-6-3-2-4-7-24/h2-17,27,37H,1,18-22H2,(H,39,40). The lowest BCUT2D eigenvalue weighted by molar-refractivity contribution is 0.0697. The second-order valence-electron chi connectivity index (χ2n) is 10.4. The summed E-state index contributed by atoms with van der Waals surface area (Å²) in [7, 11) is 0. The first-order valence-electron chi connectivity index (χ1n) is 13.9. The molecule has 1 fully saturated rings. The monoisotopic (exact) mass is 562 g/mol. The number of hydrogen-bond donors (Lipinski definition) is 2. The lowest BCUT2D eigenvalue weighted by Crippen LogP contribution is -2.22. The molecular weight excluding hydrogens is 531 g/mol. The molecule has 2 N–H and O–H groups in total. The SMILES string of the molecule is C=C(c1c(-c2ccc(C(=O)O)cc2)c2c(OCc3ccccc3)cccc2n1-c1ccc(F)cc1)C1CCOCNC1. The Hall–Kier alpha value is -4.72. The van der Waals surface area contributed by atoms with Gasteiger partial charge >= 0.3 is 5.97 Å². The van der Waals surface area contributed by atoms with Gasteiger partial charge in [-0.1, -0.05) is 55.1 Å². The van der Waals surface area contributed by atoms with E-state index in [0.29, 0.717) is 32.2 Å². The number of aromatic carboxylic acids is 1. The van der Waals surface area contributed by atoms with E-state index in [1.807, 2.05) is 60.7 Å². The molecule has 6 nitrogen and oxygen atoms in total. The number of benzene rings is 4. The topological polar surface area (TPSA) is 72.7 Å². The predicted molar refractivity (Wildman–Crippen MR) is 162 cm³/mol. The molecule has 0 bridgehead atoms. The Morgan fingerprint density at radius 3 is 2.50 bits per heavy atom. The van der Waals surface area contributed by atoms with Crippen LogP contribution in [0.2, 0.25) is 0 Å². The van der Waals surface area contributed by atoms with Crippen molar-refractivity contribution in [1.29, 1.82) is 0 Å². The van der Waals surface area contributed by atoms with E-state index in [9.17, 15) is 14.3 Å². The lowest BCUT2D eigenvalue weighted by atomic mass is 9.89. The molecule has 0 aliphatic carbocycles.